The van der Waals surface area contributed by atoms with Gasteiger partial charge in [0.1, 0.15) is 17.2 Å². The van der Waals surface area contributed by atoms with Crippen molar-refractivity contribution in [3.63, 3.8) is 0 Å². The van der Waals surface area contributed by atoms with E-state index in [9.17, 15) is 0 Å². The molecule has 0 unspecified atom stereocenters. The number of hydrogen-bond donors (Lipinski definition) is 0. The van der Waals surface area contributed by atoms with Gasteiger partial charge in [-0.05, 0) is 129 Å². The van der Waals surface area contributed by atoms with E-state index in [4.69, 9.17) is 14.2 Å². The van der Waals surface area contributed by atoms with Crippen LogP contribution in [0.4, 0.5) is 0 Å². The molecule has 0 atom stereocenters. The topological polar surface area (TPSA) is 27.7 Å². The van der Waals surface area contributed by atoms with Crippen molar-refractivity contribution in [3.8, 4) is 50.6 Å². The van der Waals surface area contributed by atoms with E-state index in [1.807, 2.05) is 0 Å². The van der Waals surface area contributed by atoms with Gasteiger partial charge in [0.05, 0.1) is 19.8 Å². The summed E-state index contributed by atoms with van der Waals surface area (Å²) in [5.74, 6) is 2.68. The fourth-order valence-corrected chi connectivity index (χ4v) is 6.16. The van der Waals surface area contributed by atoms with Gasteiger partial charge < -0.3 is 14.2 Å². The van der Waals surface area contributed by atoms with Gasteiger partial charge in [0.25, 0.3) is 0 Å². The molecule has 47 heavy (non-hydrogen) atoms. The number of fused-ring (bicyclic) bond motifs is 2. The zero-order valence-electron chi connectivity index (χ0n) is 28.1. The highest BCUT2D eigenvalue weighted by Gasteiger charge is 2.20. The van der Waals surface area contributed by atoms with Crippen LogP contribution in [0, 0.1) is 0 Å². The van der Waals surface area contributed by atoms with Crippen LogP contribution < -0.4 is 14.2 Å². The SMILES string of the molecule is CCCCOc1cccc(-c2cc3cc4ccccc4cc3c(-c3cccc(OCCCC)c3)c2-c2cccc(OCCCC)c2)c1. The van der Waals surface area contributed by atoms with Gasteiger partial charge in [-0.3, -0.25) is 0 Å². The first-order chi connectivity index (χ1) is 23.2. The Morgan fingerprint density at radius 3 is 1.40 bits per heavy atom. The molecule has 0 saturated heterocycles. The van der Waals surface area contributed by atoms with Crippen molar-refractivity contribution in [3.05, 3.63) is 115 Å². The van der Waals surface area contributed by atoms with Gasteiger partial charge in [-0.15, -0.1) is 0 Å². The molecule has 0 spiro atoms. The average molecular weight is 623 g/mol. The Bertz CT molecular complexity index is 1940. The van der Waals surface area contributed by atoms with Crippen molar-refractivity contribution in [2.24, 2.45) is 0 Å². The Hall–Kier alpha value is -4.76. The highest BCUT2D eigenvalue weighted by molar-refractivity contribution is 6.13. The summed E-state index contributed by atoms with van der Waals surface area (Å²) in [5, 5.41) is 4.85. The minimum absolute atomic E-state index is 0.706. The molecule has 6 rings (SSSR count). The Morgan fingerprint density at radius 2 is 0.872 bits per heavy atom. The smallest absolute Gasteiger partial charge is 0.119 e. The molecule has 0 N–H and O–H groups in total. The first-order valence-corrected chi connectivity index (χ1v) is 17.4. The van der Waals surface area contributed by atoms with Crippen molar-refractivity contribution in [1.82, 2.24) is 0 Å². The molecule has 0 bridgehead atoms. The van der Waals surface area contributed by atoms with Crippen LogP contribution >= 0.6 is 0 Å². The maximum Gasteiger partial charge on any atom is 0.119 e. The predicted octanol–water partition coefficient (Wildman–Crippen LogP) is 12.5. The summed E-state index contributed by atoms with van der Waals surface area (Å²) in [7, 11) is 0. The monoisotopic (exact) mass is 622 g/mol. The lowest BCUT2D eigenvalue weighted by molar-refractivity contribution is 0.309. The Labute approximate surface area is 280 Å². The van der Waals surface area contributed by atoms with E-state index in [-0.39, 0.29) is 0 Å². The largest absolute Gasteiger partial charge is 0.494 e. The van der Waals surface area contributed by atoms with Crippen LogP contribution in [-0.4, -0.2) is 19.8 Å². The van der Waals surface area contributed by atoms with E-state index in [2.05, 4.69) is 136 Å². The second-order valence-electron chi connectivity index (χ2n) is 12.3. The van der Waals surface area contributed by atoms with Crippen molar-refractivity contribution < 1.29 is 14.2 Å². The number of ether oxygens (including phenoxy) is 3. The fourth-order valence-electron chi connectivity index (χ4n) is 6.16. The predicted molar refractivity (Wildman–Crippen MR) is 199 cm³/mol. The van der Waals surface area contributed by atoms with Gasteiger partial charge in [0.2, 0.25) is 0 Å². The van der Waals surface area contributed by atoms with Crippen LogP contribution in [-0.2, 0) is 0 Å². The summed E-state index contributed by atoms with van der Waals surface area (Å²) in [6, 6.07) is 41.4. The van der Waals surface area contributed by atoms with E-state index in [1.165, 1.54) is 32.7 Å². The third-order valence-electron chi connectivity index (χ3n) is 8.70. The lowest BCUT2D eigenvalue weighted by atomic mass is 9.83. The van der Waals surface area contributed by atoms with Crippen molar-refractivity contribution in [2.75, 3.05) is 19.8 Å². The van der Waals surface area contributed by atoms with E-state index in [0.717, 1.165) is 78.0 Å². The normalized spacial score (nSPS) is 11.2. The van der Waals surface area contributed by atoms with E-state index in [0.29, 0.717) is 19.8 Å². The van der Waals surface area contributed by atoms with Crippen LogP contribution in [0.1, 0.15) is 59.3 Å². The zero-order chi connectivity index (χ0) is 32.4. The van der Waals surface area contributed by atoms with E-state index >= 15 is 0 Å². The van der Waals surface area contributed by atoms with Crippen LogP contribution in [0.15, 0.2) is 115 Å². The maximum absolute atomic E-state index is 6.25. The molecule has 0 saturated carbocycles. The minimum atomic E-state index is 0.706. The summed E-state index contributed by atoms with van der Waals surface area (Å²) >= 11 is 0. The second-order valence-corrected chi connectivity index (χ2v) is 12.3. The van der Waals surface area contributed by atoms with E-state index in [1.54, 1.807) is 0 Å². The Balaban J connectivity index is 1.64. The number of rotatable bonds is 15. The number of benzene rings is 6. The van der Waals surface area contributed by atoms with E-state index < -0.39 is 0 Å². The molecule has 0 radical (unpaired) electrons. The first kappa shape index (κ1) is 32.2. The summed E-state index contributed by atoms with van der Waals surface area (Å²) in [6.07, 6.45) is 6.39. The summed E-state index contributed by atoms with van der Waals surface area (Å²) in [5.41, 5.74) is 6.89. The molecule has 3 heteroatoms. The van der Waals surface area contributed by atoms with Gasteiger partial charge in [0, 0.05) is 0 Å². The van der Waals surface area contributed by atoms with Crippen LogP contribution in [0.5, 0.6) is 17.2 Å². The van der Waals surface area contributed by atoms with Gasteiger partial charge in [-0.25, -0.2) is 0 Å². The van der Waals surface area contributed by atoms with Crippen LogP contribution in [0.25, 0.3) is 54.9 Å². The lowest BCUT2D eigenvalue weighted by Crippen LogP contribution is -1.99. The molecule has 0 aromatic heterocycles. The van der Waals surface area contributed by atoms with Crippen LogP contribution in [0.2, 0.25) is 0 Å². The molecule has 240 valence electrons. The van der Waals surface area contributed by atoms with Crippen molar-refractivity contribution in [1.29, 1.82) is 0 Å². The molecule has 0 aliphatic carbocycles. The Kier molecular flexibility index (Phi) is 10.7. The third-order valence-corrected chi connectivity index (χ3v) is 8.70. The highest BCUT2D eigenvalue weighted by Crippen LogP contribution is 2.47. The van der Waals surface area contributed by atoms with Gasteiger partial charge in [0.15, 0.2) is 0 Å². The molecule has 3 nitrogen and oxygen atoms in total. The Morgan fingerprint density at radius 1 is 0.404 bits per heavy atom. The van der Waals surface area contributed by atoms with Gasteiger partial charge >= 0.3 is 0 Å². The van der Waals surface area contributed by atoms with Gasteiger partial charge in [-0.1, -0.05) is 101 Å². The molecule has 0 fully saturated rings. The second kappa shape index (κ2) is 15.7. The molecular weight excluding hydrogens is 576 g/mol. The molecule has 0 aliphatic heterocycles. The molecule has 6 aromatic rings. The molecular formula is C44H46O3. The number of unbranched alkanes of at least 4 members (excludes halogenated alkanes) is 3. The molecule has 6 aromatic carbocycles. The first-order valence-electron chi connectivity index (χ1n) is 17.4. The molecule has 0 heterocycles. The molecule has 0 amide bonds. The third kappa shape index (κ3) is 7.63. The fraction of sp³-hybridized carbons (Fsp3) is 0.273. The summed E-state index contributed by atoms with van der Waals surface area (Å²) in [6.45, 7) is 8.70. The number of hydrogen-bond acceptors (Lipinski definition) is 3. The van der Waals surface area contributed by atoms with Crippen molar-refractivity contribution in [2.45, 2.75) is 59.3 Å². The molecule has 0 aliphatic rings. The maximum atomic E-state index is 6.25. The zero-order valence-corrected chi connectivity index (χ0v) is 28.1. The standard InChI is InChI=1S/C44H46O3/c1-4-7-23-45-38-20-12-17-34(27-38)41-31-37-26-32-15-10-11-16-33(32)30-42(37)44(36-19-14-22-40(29-36)47-25-9-6-3)43(41)35-18-13-21-39(28-35)46-24-8-5-2/h10-22,26-31H,4-9,23-25H2,1-3H3. The van der Waals surface area contributed by atoms with Crippen molar-refractivity contribution >= 4 is 21.5 Å². The summed E-state index contributed by atoms with van der Waals surface area (Å²) in [4.78, 5) is 0. The van der Waals surface area contributed by atoms with Crippen LogP contribution in [0.3, 0.4) is 0 Å². The lowest BCUT2D eigenvalue weighted by Gasteiger charge is -2.21. The highest BCUT2D eigenvalue weighted by atomic mass is 16.5. The minimum Gasteiger partial charge on any atom is -0.494 e. The van der Waals surface area contributed by atoms with Gasteiger partial charge in [-0.2, -0.15) is 0 Å². The quantitative estimate of drug-likeness (QED) is 0.0842. The average Bonchev–Trinajstić information content (AvgIpc) is 3.11. The summed E-state index contributed by atoms with van der Waals surface area (Å²) < 4.78 is 18.7.